The molecule has 0 saturated carbocycles. The molecule has 2 fully saturated rings. The third-order valence-corrected chi connectivity index (χ3v) is 5.92. The highest BCUT2D eigenvalue weighted by atomic mass is 16.7. The number of carbonyl (C=O) groups excluding carboxylic acids is 1. The Hall–Kier alpha value is -1.03. The van der Waals surface area contributed by atoms with Crippen molar-refractivity contribution in [1.29, 1.82) is 0 Å². The minimum atomic E-state index is -0.983. The molecule has 182 valence electrons. The smallest absolute Gasteiger partial charge is 0.225 e. The summed E-state index contributed by atoms with van der Waals surface area (Å²) in [5, 5.41) is 19.9. The zero-order valence-corrected chi connectivity index (χ0v) is 20.1. The van der Waals surface area contributed by atoms with Crippen LogP contribution in [0.1, 0.15) is 60.3 Å². The number of carbonyl (C=O) groups is 1. The molecule has 3 N–H and O–H groups in total. The Morgan fingerprint density at radius 1 is 1.32 bits per heavy atom. The second-order valence-corrected chi connectivity index (χ2v) is 9.32. The van der Waals surface area contributed by atoms with Crippen molar-refractivity contribution in [1.82, 2.24) is 5.32 Å². The van der Waals surface area contributed by atoms with Crippen LogP contribution in [0.3, 0.4) is 0 Å². The molecule has 0 radical (unpaired) electrons. The molecule has 0 aromatic carbocycles. The summed E-state index contributed by atoms with van der Waals surface area (Å²) in [4.78, 5) is 12.6. The number of aliphatic hydroxyl groups excluding tert-OH is 2. The number of nitrogens with one attached hydrogen (secondary N) is 1. The van der Waals surface area contributed by atoms with Crippen molar-refractivity contribution in [2.45, 2.75) is 84.4 Å². The average Bonchev–Trinajstić information content (AvgIpc) is 2.71. The van der Waals surface area contributed by atoms with Gasteiger partial charge in [-0.05, 0) is 25.2 Å². The van der Waals surface area contributed by atoms with Gasteiger partial charge in [-0.3, -0.25) is 4.79 Å². The van der Waals surface area contributed by atoms with E-state index in [1.807, 2.05) is 13.8 Å². The van der Waals surface area contributed by atoms with Crippen molar-refractivity contribution in [3.63, 3.8) is 0 Å². The van der Waals surface area contributed by atoms with Crippen molar-refractivity contribution in [2.24, 2.45) is 11.3 Å². The lowest BCUT2D eigenvalue weighted by molar-refractivity contribution is -0.263. The number of aliphatic hydroxyl groups is 2. The van der Waals surface area contributed by atoms with E-state index < -0.39 is 5.79 Å². The molecule has 0 aromatic rings. The van der Waals surface area contributed by atoms with Crippen LogP contribution in [0.15, 0.2) is 12.2 Å². The largest absolute Gasteiger partial charge is 0.396 e. The molecule has 0 bridgehead atoms. The van der Waals surface area contributed by atoms with Gasteiger partial charge in [-0.1, -0.05) is 39.8 Å². The molecular formula is C23H43NO7. The molecule has 2 aliphatic heterocycles. The lowest BCUT2D eigenvalue weighted by Crippen LogP contribution is -2.51. The van der Waals surface area contributed by atoms with Crippen molar-refractivity contribution >= 4 is 5.91 Å². The maximum Gasteiger partial charge on any atom is 0.225 e. The van der Waals surface area contributed by atoms with Gasteiger partial charge in [0.25, 0.3) is 0 Å². The quantitative estimate of drug-likeness (QED) is 0.389. The van der Waals surface area contributed by atoms with Crippen LogP contribution in [0.25, 0.3) is 0 Å². The maximum atomic E-state index is 12.6. The van der Waals surface area contributed by atoms with Gasteiger partial charge in [0.1, 0.15) is 12.9 Å². The number of ether oxygens (including phenoxy) is 4. The molecule has 0 spiro atoms. The number of hydrogen-bond acceptors (Lipinski definition) is 7. The van der Waals surface area contributed by atoms with E-state index in [-0.39, 0.29) is 48.8 Å². The van der Waals surface area contributed by atoms with Crippen LogP contribution in [-0.4, -0.2) is 73.9 Å². The van der Waals surface area contributed by atoms with Gasteiger partial charge in [0, 0.05) is 32.6 Å². The molecule has 2 heterocycles. The molecule has 2 rings (SSSR count). The van der Waals surface area contributed by atoms with E-state index in [2.05, 4.69) is 32.7 Å². The summed E-state index contributed by atoms with van der Waals surface area (Å²) in [6.07, 6.45) is 1.59. The lowest BCUT2D eigenvalue weighted by atomic mass is 9.83. The Morgan fingerprint density at radius 2 is 1.97 bits per heavy atom. The Bertz CT molecular complexity index is 566. The molecule has 8 nitrogen and oxygen atoms in total. The van der Waals surface area contributed by atoms with E-state index >= 15 is 0 Å². The van der Waals surface area contributed by atoms with E-state index in [1.165, 1.54) is 0 Å². The van der Waals surface area contributed by atoms with Gasteiger partial charge in [-0.25, -0.2) is 0 Å². The van der Waals surface area contributed by atoms with Gasteiger partial charge in [0.2, 0.25) is 5.91 Å². The van der Waals surface area contributed by atoms with E-state index in [4.69, 9.17) is 29.2 Å². The molecule has 31 heavy (non-hydrogen) atoms. The molecule has 2 aliphatic rings. The third-order valence-electron chi connectivity index (χ3n) is 5.92. The van der Waals surface area contributed by atoms with Crippen molar-refractivity contribution < 1.29 is 34.0 Å². The summed E-state index contributed by atoms with van der Waals surface area (Å²) in [6, 6.07) is 0. The molecule has 4 unspecified atom stereocenters. The van der Waals surface area contributed by atoms with Crippen LogP contribution < -0.4 is 5.32 Å². The Kier molecular flexibility index (Phi) is 11.6. The maximum absolute atomic E-state index is 12.6. The number of amides is 1. The summed E-state index contributed by atoms with van der Waals surface area (Å²) >= 11 is 0. The minimum Gasteiger partial charge on any atom is -0.396 e. The summed E-state index contributed by atoms with van der Waals surface area (Å²) < 4.78 is 22.9. The fourth-order valence-corrected chi connectivity index (χ4v) is 3.77. The van der Waals surface area contributed by atoms with Crippen molar-refractivity contribution in [3.8, 4) is 0 Å². The van der Waals surface area contributed by atoms with Gasteiger partial charge < -0.3 is 34.5 Å². The molecule has 0 aliphatic carbocycles. The van der Waals surface area contributed by atoms with Crippen LogP contribution in [0, 0.1) is 11.3 Å². The second-order valence-electron chi connectivity index (χ2n) is 9.32. The second kappa shape index (κ2) is 12.9. The SMILES string of the molecule is C=C1C[C@@](CC(=O)NCC2OCC(C)(C)CC2OCO)(OC)OC(C)C1C.CCCO. The van der Waals surface area contributed by atoms with E-state index in [0.717, 1.165) is 18.4 Å². The van der Waals surface area contributed by atoms with Gasteiger partial charge in [-0.15, -0.1) is 0 Å². The monoisotopic (exact) mass is 445 g/mol. The van der Waals surface area contributed by atoms with E-state index in [0.29, 0.717) is 26.2 Å². The van der Waals surface area contributed by atoms with Crippen LogP contribution in [0.5, 0.6) is 0 Å². The molecule has 0 aromatic heterocycles. The summed E-state index contributed by atoms with van der Waals surface area (Å²) in [5.41, 5.74) is 1.00. The van der Waals surface area contributed by atoms with Gasteiger partial charge in [0.15, 0.2) is 5.79 Å². The van der Waals surface area contributed by atoms with Crippen molar-refractivity contribution in [3.05, 3.63) is 12.2 Å². The fraction of sp³-hybridized carbons (Fsp3) is 0.870. The number of hydrogen-bond donors (Lipinski definition) is 3. The summed E-state index contributed by atoms with van der Waals surface area (Å²) in [7, 11) is 1.56. The van der Waals surface area contributed by atoms with Crippen LogP contribution in [0.2, 0.25) is 0 Å². The first kappa shape index (κ1) is 28.0. The van der Waals surface area contributed by atoms with E-state index in [9.17, 15) is 4.79 Å². The zero-order chi connectivity index (χ0) is 23.7. The summed E-state index contributed by atoms with van der Waals surface area (Å²) in [5.74, 6) is -0.932. The van der Waals surface area contributed by atoms with Crippen LogP contribution in [-0.2, 0) is 23.7 Å². The standard InChI is InChI=1S/C20H35NO6.C3H8O/c1-13-7-20(24-6,27-15(3)14(13)2)9-18(23)21-10-17-16(26-12-22)8-19(4,5)11-25-17;1-2-3-4/h14-17,22H,1,7-12H2,2-6H3,(H,21,23);4H,2-3H2,1H3/t14?,15?,16?,17?,20-;/m1./s1. The lowest BCUT2D eigenvalue weighted by Gasteiger charge is -2.43. The highest BCUT2D eigenvalue weighted by Gasteiger charge is 2.43. The van der Waals surface area contributed by atoms with Gasteiger partial charge in [0.05, 0.1) is 25.2 Å². The Balaban J connectivity index is 0.00000110. The minimum absolute atomic E-state index is 0.0242. The Morgan fingerprint density at radius 3 is 2.48 bits per heavy atom. The summed E-state index contributed by atoms with van der Waals surface area (Å²) in [6.45, 7) is 15.1. The Labute approximate surface area is 187 Å². The highest BCUT2D eigenvalue weighted by molar-refractivity contribution is 5.77. The predicted molar refractivity (Wildman–Crippen MR) is 118 cm³/mol. The topological polar surface area (TPSA) is 106 Å². The van der Waals surface area contributed by atoms with E-state index in [1.54, 1.807) is 7.11 Å². The number of rotatable bonds is 8. The van der Waals surface area contributed by atoms with Gasteiger partial charge in [-0.2, -0.15) is 0 Å². The van der Waals surface area contributed by atoms with Crippen LogP contribution >= 0.6 is 0 Å². The highest BCUT2D eigenvalue weighted by Crippen LogP contribution is 2.38. The van der Waals surface area contributed by atoms with Gasteiger partial charge >= 0.3 is 0 Å². The predicted octanol–water partition coefficient (Wildman–Crippen LogP) is 2.38. The molecule has 8 heteroatoms. The molecule has 5 atom stereocenters. The molecular weight excluding hydrogens is 402 g/mol. The zero-order valence-electron chi connectivity index (χ0n) is 20.1. The fourth-order valence-electron chi connectivity index (χ4n) is 3.77. The normalized spacial score (nSPS) is 32.7. The third kappa shape index (κ3) is 8.79. The molecule has 1 amide bonds. The first-order valence-corrected chi connectivity index (χ1v) is 11.1. The first-order chi connectivity index (χ1) is 14.5. The molecule has 2 saturated heterocycles. The number of methoxy groups -OCH3 is 1. The first-order valence-electron chi connectivity index (χ1n) is 11.1. The average molecular weight is 446 g/mol. The van der Waals surface area contributed by atoms with Crippen molar-refractivity contribution in [2.75, 3.05) is 33.7 Å². The van der Waals surface area contributed by atoms with Crippen LogP contribution in [0.4, 0.5) is 0 Å².